The molecule has 0 bridgehead atoms. The number of oxazole rings is 1. The van der Waals surface area contributed by atoms with Crippen LogP contribution < -0.4 is 10.6 Å². The van der Waals surface area contributed by atoms with Crippen molar-refractivity contribution < 1.29 is 14.3 Å². The maximum Gasteiger partial charge on any atom is 0.319 e. The van der Waals surface area contributed by atoms with Crippen LogP contribution in [-0.2, 0) is 0 Å². The normalized spacial score (nSPS) is 20.6. The van der Waals surface area contributed by atoms with Gasteiger partial charge in [0.2, 0.25) is 5.89 Å². The molecule has 0 spiro atoms. The molecule has 1 heterocycles. The van der Waals surface area contributed by atoms with Crippen molar-refractivity contribution in [2.45, 2.75) is 38.6 Å². The number of carbonyl (C=O) groups excluding carboxylic acids is 1. The summed E-state index contributed by atoms with van der Waals surface area (Å²) in [6.45, 7) is 1.98. The van der Waals surface area contributed by atoms with Crippen molar-refractivity contribution in [3.63, 3.8) is 0 Å². The Morgan fingerprint density at radius 3 is 2.96 bits per heavy atom. The Bertz CT molecular complexity index is 698. The Kier molecular flexibility index (Phi) is 5.15. The van der Waals surface area contributed by atoms with Crippen molar-refractivity contribution in [2.75, 3.05) is 11.9 Å². The number of aryl methyl sites for hydroxylation is 1. The second kappa shape index (κ2) is 7.49. The predicted molar refractivity (Wildman–Crippen MR) is 91.7 cm³/mol. The first-order valence-corrected chi connectivity index (χ1v) is 8.36. The van der Waals surface area contributed by atoms with Gasteiger partial charge < -0.3 is 20.2 Å². The van der Waals surface area contributed by atoms with Crippen LogP contribution >= 0.6 is 0 Å². The molecule has 6 nitrogen and oxygen atoms in total. The number of anilines is 1. The molecule has 128 valence electrons. The molecule has 1 aromatic heterocycles. The van der Waals surface area contributed by atoms with Gasteiger partial charge in [-0.15, -0.1) is 0 Å². The zero-order valence-corrected chi connectivity index (χ0v) is 13.8. The topological polar surface area (TPSA) is 87.4 Å². The van der Waals surface area contributed by atoms with Gasteiger partial charge in [0.05, 0.1) is 5.69 Å². The maximum atomic E-state index is 12.3. The molecule has 2 atom stereocenters. The third kappa shape index (κ3) is 3.94. The van der Waals surface area contributed by atoms with E-state index < -0.39 is 0 Å². The molecule has 1 aliphatic rings. The highest BCUT2D eigenvalue weighted by atomic mass is 16.3. The average Bonchev–Trinajstić information content (AvgIpc) is 3.02. The quantitative estimate of drug-likeness (QED) is 0.803. The van der Waals surface area contributed by atoms with E-state index in [0.717, 1.165) is 36.9 Å². The van der Waals surface area contributed by atoms with Crippen molar-refractivity contribution in [3.05, 3.63) is 36.2 Å². The monoisotopic (exact) mass is 329 g/mol. The first kappa shape index (κ1) is 16.5. The molecular formula is C18H23N3O3. The molecule has 6 heteroatoms. The summed E-state index contributed by atoms with van der Waals surface area (Å²) in [5.41, 5.74) is 2.30. The highest BCUT2D eigenvalue weighted by molar-refractivity contribution is 5.90. The Labute approximate surface area is 141 Å². The summed E-state index contributed by atoms with van der Waals surface area (Å²) in [5, 5.41) is 15.3. The van der Waals surface area contributed by atoms with E-state index in [-0.39, 0.29) is 24.6 Å². The zero-order valence-electron chi connectivity index (χ0n) is 13.8. The summed E-state index contributed by atoms with van der Waals surface area (Å²) >= 11 is 0. The second-order valence-corrected chi connectivity index (χ2v) is 6.31. The summed E-state index contributed by atoms with van der Waals surface area (Å²) in [5.74, 6) is 0.676. The van der Waals surface area contributed by atoms with E-state index >= 15 is 0 Å². The van der Waals surface area contributed by atoms with Gasteiger partial charge in [0.1, 0.15) is 6.26 Å². The SMILES string of the molecule is Cc1coc(-c2cccc(NC(=O)NC3CCCCC3CO)c2)n1. The van der Waals surface area contributed by atoms with Crippen molar-refractivity contribution in [2.24, 2.45) is 5.92 Å². The van der Waals surface area contributed by atoms with E-state index in [1.54, 1.807) is 6.26 Å². The van der Waals surface area contributed by atoms with Gasteiger partial charge in [-0.3, -0.25) is 0 Å². The van der Waals surface area contributed by atoms with E-state index in [1.165, 1.54) is 0 Å². The fourth-order valence-corrected chi connectivity index (χ4v) is 3.17. The number of aliphatic hydroxyl groups is 1. The molecule has 1 aromatic carbocycles. The third-order valence-corrected chi connectivity index (χ3v) is 4.45. The molecule has 24 heavy (non-hydrogen) atoms. The number of rotatable bonds is 4. The van der Waals surface area contributed by atoms with Crippen molar-refractivity contribution in [1.29, 1.82) is 0 Å². The minimum atomic E-state index is -0.249. The summed E-state index contributed by atoms with van der Waals surface area (Å²) < 4.78 is 5.39. The van der Waals surface area contributed by atoms with Crippen LogP contribution in [0.25, 0.3) is 11.5 Å². The van der Waals surface area contributed by atoms with Gasteiger partial charge >= 0.3 is 6.03 Å². The largest absolute Gasteiger partial charge is 0.444 e. The number of hydrogen-bond acceptors (Lipinski definition) is 4. The van der Waals surface area contributed by atoms with Gasteiger partial charge in [0.25, 0.3) is 0 Å². The molecular weight excluding hydrogens is 306 g/mol. The van der Waals surface area contributed by atoms with Gasteiger partial charge in [-0.05, 0) is 38.0 Å². The Hall–Kier alpha value is -2.34. The van der Waals surface area contributed by atoms with Crippen LogP contribution in [0.15, 0.2) is 34.9 Å². The van der Waals surface area contributed by atoms with E-state index in [2.05, 4.69) is 15.6 Å². The van der Waals surface area contributed by atoms with Crippen LogP contribution in [0.1, 0.15) is 31.4 Å². The van der Waals surface area contributed by atoms with E-state index in [4.69, 9.17) is 4.42 Å². The Balaban J connectivity index is 1.64. The predicted octanol–water partition coefficient (Wildman–Crippen LogP) is 3.32. The van der Waals surface area contributed by atoms with Crippen LogP contribution in [0.2, 0.25) is 0 Å². The lowest BCUT2D eigenvalue weighted by molar-refractivity contribution is 0.156. The van der Waals surface area contributed by atoms with Crippen LogP contribution in [0.5, 0.6) is 0 Å². The lowest BCUT2D eigenvalue weighted by Gasteiger charge is -2.30. The van der Waals surface area contributed by atoms with E-state index in [9.17, 15) is 9.90 Å². The van der Waals surface area contributed by atoms with Crippen molar-refractivity contribution in [1.82, 2.24) is 10.3 Å². The van der Waals surface area contributed by atoms with Crippen LogP contribution in [0.3, 0.4) is 0 Å². The minimum absolute atomic E-state index is 0.0290. The van der Waals surface area contributed by atoms with E-state index in [1.807, 2.05) is 31.2 Å². The molecule has 0 aliphatic heterocycles. The van der Waals surface area contributed by atoms with Gasteiger partial charge in [-0.25, -0.2) is 9.78 Å². The molecule has 0 saturated heterocycles. The van der Waals surface area contributed by atoms with Crippen LogP contribution in [0.4, 0.5) is 10.5 Å². The number of amides is 2. The first-order valence-electron chi connectivity index (χ1n) is 8.36. The lowest BCUT2D eigenvalue weighted by atomic mass is 9.85. The number of aromatic nitrogens is 1. The molecule has 1 fully saturated rings. The first-order chi connectivity index (χ1) is 11.7. The van der Waals surface area contributed by atoms with Crippen LogP contribution in [0, 0.1) is 12.8 Å². The number of aliphatic hydroxyl groups excluding tert-OH is 1. The number of hydrogen-bond donors (Lipinski definition) is 3. The number of carbonyl (C=O) groups is 1. The maximum absolute atomic E-state index is 12.3. The zero-order chi connectivity index (χ0) is 16.9. The molecule has 2 aromatic rings. The molecule has 1 aliphatic carbocycles. The number of benzene rings is 1. The van der Waals surface area contributed by atoms with E-state index in [0.29, 0.717) is 11.6 Å². The summed E-state index contributed by atoms with van der Waals surface area (Å²) in [4.78, 5) is 16.5. The Morgan fingerprint density at radius 1 is 1.38 bits per heavy atom. The highest BCUT2D eigenvalue weighted by Gasteiger charge is 2.25. The number of urea groups is 1. The molecule has 0 radical (unpaired) electrons. The molecule has 2 unspecified atom stereocenters. The molecule has 3 rings (SSSR count). The molecule has 2 amide bonds. The van der Waals surface area contributed by atoms with Gasteiger partial charge in [-0.2, -0.15) is 0 Å². The highest BCUT2D eigenvalue weighted by Crippen LogP contribution is 2.25. The third-order valence-electron chi connectivity index (χ3n) is 4.45. The van der Waals surface area contributed by atoms with Gasteiger partial charge in [0, 0.05) is 29.8 Å². The fraction of sp³-hybridized carbons (Fsp3) is 0.444. The smallest absolute Gasteiger partial charge is 0.319 e. The second-order valence-electron chi connectivity index (χ2n) is 6.31. The Morgan fingerprint density at radius 2 is 2.21 bits per heavy atom. The average molecular weight is 329 g/mol. The summed E-state index contributed by atoms with van der Waals surface area (Å²) in [6.07, 6.45) is 5.66. The standard InChI is InChI=1S/C18H23N3O3/c1-12-11-24-17(19-12)13-6-4-7-15(9-13)20-18(23)21-16-8-3-2-5-14(16)10-22/h4,6-7,9,11,14,16,22H,2-3,5,8,10H2,1H3,(H2,20,21,23). The van der Waals surface area contributed by atoms with Crippen LogP contribution in [-0.4, -0.2) is 28.8 Å². The number of nitrogens with one attached hydrogen (secondary N) is 2. The van der Waals surface area contributed by atoms with Gasteiger partial charge in [-0.1, -0.05) is 18.9 Å². The fourth-order valence-electron chi connectivity index (χ4n) is 3.17. The minimum Gasteiger partial charge on any atom is -0.444 e. The number of nitrogens with zero attached hydrogens (tertiary/aromatic N) is 1. The van der Waals surface area contributed by atoms with Crippen molar-refractivity contribution in [3.8, 4) is 11.5 Å². The lowest BCUT2D eigenvalue weighted by Crippen LogP contribution is -2.45. The summed E-state index contributed by atoms with van der Waals surface area (Å²) in [7, 11) is 0. The van der Waals surface area contributed by atoms with Gasteiger partial charge in [0.15, 0.2) is 0 Å². The molecule has 3 N–H and O–H groups in total. The molecule has 1 saturated carbocycles. The van der Waals surface area contributed by atoms with Crippen molar-refractivity contribution >= 4 is 11.7 Å². The summed E-state index contributed by atoms with van der Waals surface area (Å²) in [6, 6.07) is 7.17.